The number of aliphatic hydroxyl groups excluding tert-OH is 1. The molecular weight excluding hydrogens is 380 g/mol. The molecule has 2 aromatic carbocycles. The Hall–Kier alpha value is -3.13. The molecule has 1 fully saturated rings. The lowest BCUT2D eigenvalue weighted by Crippen LogP contribution is -2.34. The number of cyclic esters (lactones) is 1. The Labute approximate surface area is 167 Å². The highest BCUT2D eigenvalue weighted by atomic mass is 16.5. The van der Waals surface area contributed by atoms with Crippen molar-refractivity contribution < 1.29 is 39.1 Å². The third-order valence-corrected chi connectivity index (χ3v) is 5.80. The van der Waals surface area contributed by atoms with Crippen molar-refractivity contribution in [2.45, 2.75) is 12.0 Å². The molecule has 4 atom stereocenters. The summed E-state index contributed by atoms with van der Waals surface area (Å²) in [6.45, 7) is 0.0761. The second-order valence-electron chi connectivity index (χ2n) is 7.17. The second-order valence-corrected chi connectivity index (χ2v) is 7.17. The first kappa shape index (κ1) is 19.2. The smallest absolute Gasteiger partial charge is 0.310 e. The summed E-state index contributed by atoms with van der Waals surface area (Å²) in [5, 5.41) is 30.9. The number of phenolic OH excluding ortho intramolecular Hbond substituents is 2. The number of carbonyl (C=O) groups excluding carboxylic acids is 1. The summed E-state index contributed by atoms with van der Waals surface area (Å²) >= 11 is 0. The van der Waals surface area contributed by atoms with Gasteiger partial charge in [-0.25, -0.2) is 0 Å². The number of esters is 1. The number of aliphatic hydroxyl groups is 1. The SMILES string of the molecule is COc1cc([C@@H]2c3cc(O)c(O)cc3[C@H](O)C3COC(=O)[C@@H]32)cc(OC)c1OC. The average molecular weight is 402 g/mol. The van der Waals surface area contributed by atoms with Crippen molar-refractivity contribution >= 4 is 5.97 Å². The number of rotatable bonds is 4. The Morgan fingerprint density at radius 1 is 0.931 bits per heavy atom. The van der Waals surface area contributed by atoms with Crippen LogP contribution in [0.5, 0.6) is 28.7 Å². The molecule has 4 rings (SSSR count). The van der Waals surface area contributed by atoms with Gasteiger partial charge in [0.25, 0.3) is 0 Å². The van der Waals surface area contributed by atoms with Crippen molar-refractivity contribution in [1.82, 2.24) is 0 Å². The summed E-state index contributed by atoms with van der Waals surface area (Å²) in [6, 6.07) is 6.18. The number of ether oxygens (including phenoxy) is 4. The Morgan fingerprint density at radius 3 is 2.07 bits per heavy atom. The molecule has 3 N–H and O–H groups in total. The summed E-state index contributed by atoms with van der Waals surface area (Å²) < 4.78 is 21.5. The molecule has 0 spiro atoms. The zero-order valence-corrected chi connectivity index (χ0v) is 16.2. The summed E-state index contributed by atoms with van der Waals surface area (Å²) in [4.78, 5) is 12.6. The lowest BCUT2D eigenvalue weighted by Gasteiger charge is -2.37. The van der Waals surface area contributed by atoms with Gasteiger partial charge < -0.3 is 34.3 Å². The summed E-state index contributed by atoms with van der Waals surface area (Å²) in [6.07, 6.45) is -1.01. The number of fused-ring (bicyclic) bond motifs is 2. The quantitative estimate of drug-likeness (QED) is 0.526. The van der Waals surface area contributed by atoms with E-state index in [9.17, 15) is 20.1 Å². The van der Waals surface area contributed by atoms with Crippen molar-refractivity contribution in [2.75, 3.05) is 27.9 Å². The lowest BCUT2D eigenvalue weighted by molar-refractivity contribution is -0.141. The zero-order chi connectivity index (χ0) is 20.9. The molecule has 1 unspecified atom stereocenters. The number of hydrogen-bond donors (Lipinski definition) is 3. The van der Waals surface area contributed by atoms with Gasteiger partial charge in [0.05, 0.1) is 40.0 Å². The zero-order valence-electron chi connectivity index (χ0n) is 16.2. The fourth-order valence-electron chi connectivity index (χ4n) is 4.45. The number of benzene rings is 2. The molecule has 0 aromatic heterocycles. The molecular formula is C21H22O8. The maximum absolute atomic E-state index is 12.6. The maximum Gasteiger partial charge on any atom is 0.310 e. The van der Waals surface area contributed by atoms with Crippen LogP contribution in [0.3, 0.4) is 0 Å². The van der Waals surface area contributed by atoms with E-state index >= 15 is 0 Å². The first-order valence-corrected chi connectivity index (χ1v) is 9.11. The first-order valence-electron chi connectivity index (χ1n) is 9.11. The number of phenols is 2. The molecule has 0 bridgehead atoms. The van der Waals surface area contributed by atoms with Crippen LogP contribution in [-0.2, 0) is 9.53 Å². The van der Waals surface area contributed by atoms with Gasteiger partial charge in [-0.3, -0.25) is 4.79 Å². The Balaban J connectivity index is 1.97. The van der Waals surface area contributed by atoms with Gasteiger partial charge >= 0.3 is 5.97 Å². The fraction of sp³-hybridized carbons (Fsp3) is 0.381. The molecule has 8 nitrogen and oxygen atoms in total. The molecule has 0 saturated carbocycles. The molecule has 2 aliphatic rings. The van der Waals surface area contributed by atoms with Gasteiger partial charge in [-0.15, -0.1) is 0 Å². The normalized spacial score (nSPS) is 25.0. The van der Waals surface area contributed by atoms with E-state index in [0.29, 0.717) is 33.9 Å². The van der Waals surface area contributed by atoms with Gasteiger partial charge in [0.2, 0.25) is 5.75 Å². The second kappa shape index (κ2) is 7.04. The number of methoxy groups -OCH3 is 3. The summed E-state index contributed by atoms with van der Waals surface area (Å²) in [7, 11) is 4.49. The van der Waals surface area contributed by atoms with E-state index in [1.807, 2.05) is 0 Å². The van der Waals surface area contributed by atoms with Crippen LogP contribution < -0.4 is 14.2 Å². The molecule has 8 heteroatoms. The molecule has 1 heterocycles. The summed E-state index contributed by atoms with van der Waals surface area (Å²) in [5.74, 6) is -1.55. The molecule has 2 aromatic rings. The van der Waals surface area contributed by atoms with Gasteiger partial charge in [0.15, 0.2) is 23.0 Å². The third kappa shape index (κ3) is 2.82. The Kier molecular flexibility index (Phi) is 4.66. The standard InChI is InChI=1S/C21H22O8/c1-26-15-4-9(5-16(27-2)20(15)28-3)17-10-6-13(22)14(23)7-11(10)19(24)12-8-29-21(25)18(12)17/h4-7,12,17-19,22-24H,8H2,1-3H3/t12?,17-,18+,19+/m1/s1. The van der Waals surface area contributed by atoms with Gasteiger partial charge in [0.1, 0.15) is 0 Å². The highest BCUT2D eigenvalue weighted by Gasteiger charge is 2.52. The van der Waals surface area contributed by atoms with Crippen molar-refractivity contribution in [1.29, 1.82) is 0 Å². The molecule has 1 aliphatic heterocycles. The molecule has 0 radical (unpaired) electrons. The summed E-state index contributed by atoms with van der Waals surface area (Å²) in [5.41, 5.74) is 1.65. The average Bonchev–Trinajstić information content (AvgIpc) is 3.10. The van der Waals surface area contributed by atoms with E-state index in [4.69, 9.17) is 18.9 Å². The lowest BCUT2D eigenvalue weighted by atomic mass is 9.66. The van der Waals surface area contributed by atoms with Crippen LogP contribution in [0, 0.1) is 11.8 Å². The molecule has 1 saturated heterocycles. The van der Waals surface area contributed by atoms with E-state index in [2.05, 4.69) is 0 Å². The number of carbonyl (C=O) groups is 1. The van der Waals surface area contributed by atoms with Crippen LogP contribution in [0.2, 0.25) is 0 Å². The monoisotopic (exact) mass is 402 g/mol. The van der Waals surface area contributed by atoms with Crippen molar-refractivity contribution in [3.63, 3.8) is 0 Å². The third-order valence-electron chi connectivity index (χ3n) is 5.80. The first-order chi connectivity index (χ1) is 13.9. The predicted molar refractivity (Wildman–Crippen MR) is 101 cm³/mol. The highest BCUT2D eigenvalue weighted by Crippen LogP contribution is 2.54. The number of hydrogen-bond acceptors (Lipinski definition) is 8. The van der Waals surface area contributed by atoms with Gasteiger partial charge in [0, 0.05) is 11.8 Å². The fourth-order valence-corrected chi connectivity index (χ4v) is 4.45. The highest BCUT2D eigenvalue weighted by molar-refractivity contribution is 5.79. The molecule has 1 aliphatic carbocycles. The van der Waals surface area contributed by atoms with E-state index in [1.54, 1.807) is 12.1 Å². The van der Waals surface area contributed by atoms with Crippen LogP contribution in [-0.4, -0.2) is 49.2 Å². The molecule has 154 valence electrons. The van der Waals surface area contributed by atoms with E-state index < -0.39 is 29.8 Å². The van der Waals surface area contributed by atoms with Crippen LogP contribution in [0.4, 0.5) is 0 Å². The van der Waals surface area contributed by atoms with E-state index in [-0.39, 0.29) is 18.1 Å². The van der Waals surface area contributed by atoms with Gasteiger partial charge in [-0.2, -0.15) is 0 Å². The predicted octanol–water partition coefficient (Wildman–Crippen LogP) is 2.09. The minimum atomic E-state index is -1.01. The van der Waals surface area contributed by atoms with Crippen LogP contribution in [0.15, 0.2) is 24.3 Å². The van der Waals surface area contributed by atoms with Crippen LogP contribution >= 0.6 is 0 Å². The molecule has 0 amide bonds. The minimum absolute atomic E-state index is 0.0761. The van der Waals surface area contributed by atoms with Crippen molar-refractivity contribution in [2.24, 2.45) is 11.8 Å². The van der Waals surface area contributed by atoms with E-state index in [1.165, 1.54) is 33.5 Å². The Bertz CT molecular complexity index is 944. The molecule has 29 heavy (non-hydrogen) atoms. The van der Waals surface area contributed by atoms with Crippen molar-refractivity contribution in [3.05, 3.63) is 41.0 Å². The van der Waals surface area contributed by atoms with Crippen LogP contribution in [0.25, 0.3) is 0 Å². The Morgan fingerprint density at radius 2 is 1.52 bits per heavy atom. The topological polar surface area (TPSA) is 115 Å². The van der Waals surface area contributed by atoms with E-state index in [0.717, 1.165) is 0 Å². The maximum atomic E-state index is 12.6. The minimum Gasteiger partial charge on any atom is -0.504 e. The van der Waals surface area contributed by atoms with Gasteiger partial charge in [-0.1, -0.05) is 0 Å². The van der Waals surface area contributed by atoms with Crippen molar-refractivity contribution in [3.8, 4) is 28.7 Å². The largest absolute Gasteiger partial charge is 0.504 e. The van der Waals surface area contributed by atoms with Crippen LogP contribution in [0.1, 0.15) is 28.7 Å². The van der Waals surface area contributed by atoms with Gasteiger partial charge in [-0.05, 0) is 41.0 Å². The number of aromatic hydroxyl groups is 2.